The summed E-state index contributed by atoms with van der Waals surface area (Å²) in [7, 11) is 0. The van der Waals surface area contributed by atoms with Crippen molar-refractivity contribution in [3.63, 3.8) is 0 Å². The first-order chi connectivity index (χ1) is 28.3. The van der Waals surface area contributed by atoms with E-state index in [-0.39, 0.29) is 0 Å². The summed E-state index contributed by atoms with van der Waals surface area (Å²) in [4.78, 5) is 2.45. The van der Waals surface area contributed by atoms with Crippen LogP contribution < -0.4 is 4.90 Å². The Labute approximate surface area is 334 Å². The van der Waals surface area contributed by atoms with E-state index in [0.717, 1.165) is 23.5 Å². The van der Waals surface area contributed by atoms with Gasteiger partial charge in [0.25, 0.3) is 0 Å². The minimum absolute atomic E-state index is 0.472. The second-order valence-corrected chi connectivity index (χ2v) is 15.2. The van der Waals surface area contributed by atoms with E-state index < -0.39 is 5.41 Å². The van der Waals surface area contributed by atoms with Gasteiger partial charge in [0, 0.05) is 16.9 Å². The smallest absolute Gasteiger partial charge is 0.0731 e. The van der Waals surface area contributed by atoms with Crippen LogP contribution in [-0.2, 0) is 11.8 Å². The van der Waals surface area contributed by atoms with Crippen LogP contribution in [0.15, 0.2) is 219 Å². The summed E-state index contributed by atoms with van der Waals surface area (Å²) in [6.45, 7) is 4.07. The fourth-order valence-electron chi connectivity index (χ4n) is 10.0. The normalized spacial score (nSPS) is 14.0. The maximum atomic E-state index is 4.07. The molecule has 0 radical (unpaired) electrons. The zero-order valence-electron chi connectivity index (χ0n) is 31.6. The van der Waals surface area contributed by atoms with Crippen LogP contribution in [-0.4, -0.2) is 0 Å². The van der Waals surface area contributed by atoms with E-state index in [4.69, 9.17) is 0 Å². The molecule has 0 fully saturated rings. The molecule has 8 aromatic carbocycles. The van der Waals surface area contributed by atoms with Crippen molar-refractivity contribution in [1.82, 2.24) is 0 Å². The first-order valence-corrected chi connectivity index (χ1v) is 19.8. The Morgan fingerprint density at radius 3 is 1.68 bits per heavy atom. The third-order valence-corrected chi connectivity index (χ3v) is 12.3. The molecule has 0 amide bonds. The van der Waals surface area contributed by atoms with Gasteiger partial charge in [0.1, 0.15) is 0 Å². The summed E-state index contributed by atoms with van der Waals surface area (Å²) in [5, 5.41) is 0. The largest absolute Gasteiger partial charge is 0.310 e. The fraction of sp³-hybridized carbons (Fsp3) is 0.0357. The quantitative estimate of drug-likeness (QED) is 0.148. The molecule has 0 saturated carbocycles. The maximum absolute atomic E-state index is 4.07. The molecule has 0 atom stereocenters. The average Bonchev–Trinajstić information content (AvgIpc) is 3.90. The lowest BCUT2D eigenvalue weighted by atomic mass is 9.68. The number of allylic oxidation sites excluding steroid dienone is 5. The number of hydrogen-bond donors (Lipinski definition) is 0. The predicted octanol–water partition coefficient (Wildman–Crippen LogP) is 14.4. The van der Waals surface area contributed by atoms with Crippen molar-refractivity contribution in [2.45, 2.75) is 11.8 Å². The molecule has 268 valence electrons. The fourth-order valence-corrected chi connectivity index (χ4v) is 10.0. The van der Waals surface area contributed by atoms with Crippen LogP contribution in [0.3, 0.4) is 0 Å². The SMILES string of the molecule is C=C/C=C\C1=C(c2ccc(N(c3ccc4c(c3)Cc3ccccc3-4)c3ccccc3-c3ccccc3)cc2)C2(c3ccccc31)c1ccccc1-c1ccccc12. The number of hydrogen-bond acceptors (Lipinski definition) is 1. The van der Waals surface area contributed by atoms with Crippen molar-refractivity contribution in [2.24, 2.45) is 0 Å². The Morgan fingerprint density at radius 1 is 0.439 bits per heavy atom. The molecule has 1 heteroatoms. The number of rotatable bonds is 7. The molecule has 0 bridgehead atoms. The Balaban J connectivity index is 1.12. The maximum Gasteiger partial charge on any atom is 0.0731 e. The van der Waals surface area contributed by atoms with Crippen LogP contribution in [0, 0.1) is 0 Å². The van der Waals surface area contributed by atoms with Gasteiger partial charge >= 0.3 is 0 Å². The van der Waals surface area contributed by atoms with Crippen molar-refractivity contribution >= 4 is 28.2 Å². The van der Waals surface area contributed by atoms with Gasteiger partial charge in [-0.3, -0.25) is 0 Å². The summed E-state index contributed by atoms with van der Waals surface area (Å²) >= 11 is 0. The molecule has 0 aliphatic heterocycles. The third kappa shape index (κ3) is 4.95. The van der Waals surface area contributed by atoms with E-state index in [1.165, 1.54) is 83.5 Å². The highest BCUT2D eigenvalue weighted by Crippen LogP contribution is 2.64. The van der Waals surface area contributed by atoms with E-state index in [9.17, 15) is 0 Å². The highest BCUT2D eigenvalue weighted by atomic mass is 15.1. The van der Waals surface area contributed by atoms with Crippen molar-refractivity contribution in [2.75, 3.05) is 4.90 Å². The molecule has 0 heterocycles. The monoisotopic (exact) mass is 725 g/mol. The Bertz CT molecular complexity index is 2900. The van der Waals surface area contributed by atoms with Gasteiger partial charge in [0.2, 0.25) is 0 Å². The van der Waals surface area contributed by atoms with Crippen LogP contribution >= 0.6 is 0 Å². The molecule has 0 unspecified atom stereocenters. The summed E-state index contributed by atoms with van der Waals surface area (Å²) in [6.07, 6.45) is 7.17. The Kier molecular flexibility index (Phi) is 7.69. The number of para-hydroxylation sites is 1. The molecular formula is C56H39N. The van der Waals surface area contributed by atoms with E-state index in [2.05, 4.69) is 218 Å². The first kappa shape index (κ1) is 33.1. The number of benzene rings is 8. The highest BCUT2D eigenvalue weighted by molar-refractivity contribution is 6.12. The number of fused-ring (bicyclic) bond motifs is 10. The van der Waals surface area contributed by atoms with E-state index in [0.29, 0.717) is 0 Å². The van der Waals surface area contributed by atoms with Gasteiger partial charge in [-0.2, -0.15) is 0 Å². The molecule has 8 aromatic rings. The zero-order chi connectivity index (χ0) is 37.9. The molecule has 1 spiro atoms. The lowest BCUT2D eigenvalue weighted by Crippen LogP contribution is -2.26. The van der Waals surface area contributed by atoms with Crippen LogP contribution in [0.2, 0.25) is 0 Å². The predicted molar refractivity (Wildman–Crippen MR) is 239 cm³/mol. The molecule has 1 nitrogen and oxygen atoms in total. The van der Waals surface area contributed by atoms with Crippen LogP contribution in [0.5, 0.6) is 0 Å². The van der Waals surface area contributed by atoms with Gasteiger partial charge in [-0.05, 0) is 115 Å². The Morgan fingerprint density at radius 2 is 0.982 bits per heavy atom. The zero-order valence-corrected chi connectivity index (χ0v) is 31.6. The summed E-state index contributed by atoms with van der Waals surface area (Å²) in [5.74, 6) is 0. The van der Waals surface area contributed by atoms with Crippen molar-refractivity contribution in [1.29, 1.82) is 0 Å². The van der Waals surface area contributed by atoms with E-state index in [1.54, 1.807) is 0 Å². The van der Waals surface area contributed by atoms with Crippen LogP contribution in [0.1, 0.15) is 38.9 Å². The van der Waals surface area contributed by atoms with Gasteiger partial charge in [0.05, 0.1) is 11.1 Å². The van der Waals surface area contributed by atoms with Crippen LogP contribution in [0.25, 0.3) is 44.5 Å². The third-order valence-electron chi connectivity index (χ3n) is 12.3. The topological polar surface area (TPSA) is 3.24 Å². The van der Waals surface area contributed by atoms with Gasteiger partial charge in [-0.1, -0.05) is 189 Å². The Hall–Kier alpha value is -7.22. The molecule has 57 heavy (non-hydrogen) atoms. The second kappa shape index (κ2) is 13.2. The number of anilines is 3. The molecule has 3 aliphatic carbocycles. The summed E-state index contributed by atoms with van der Waals surface area (Å²) in [5.41, 5.74) is 22.3. The van der Waals surface area contributed by atoms with E-state index >= 15 is 0 Å². The van der Waals surface area contributed by atoms with E-state index in [1.807, 2.05) is 6.08 Å². The summed E-state index contributed by atoms with van der Waals surface area (Å²) in [6, 6.07) is 71.8. The molecule has 0 N–H and O–H groups in total. The second-order valence-electron chi connectivity index (χ2n) is 15.2. The molecular weight excluding hydrogens is 687 g/mol. The minimum atomic E-state index is -0.472. The molecule has 3 aliphatic rings. The highest BCUT2D eigenvalue weighted by Gasteiger charge is 2.52. The van der Waals surface area contributed by atoms with Crippen molar-refractivity contribution < 1.29 is 0 Å². The standard InChI is InChI=1S/C56H39N/c1-2-3-20-50-49-25-11-15-28-53(49)56(51-26-13-9-23-47(51)48-24-10-14-27-52(48)56)55(50)39-30-32-42(33-31-39)57(54-29-16-12-22-46(54)38-17-5-4-6-18-38)43-34-35-45-41(37-43)36-40-19-7-8-21-44(40)45/h2-35,37H,1,36H2/b20-3-. The first-order valence-electron chi connectivity index (χ1n) is 19.8. The van der Waals surface area contributed by atoms with Gasteiger partial charge < -0.3 is 4.90 Å². The van der Waals surface area contributed by atoms with Gasteiger partial charge in [0.15, 0.2) is 0 Å². The van der Waals surface area contributed by atoms with Crippen molar-refractivity contribution in [3.05, 3.63) is 258 Å². The molecule has 11 rings (SSSR count). The lowest BCUT2D eigenvalue weighted by Gasteiger charge is -2.33. The van der Waals surface area contributed by atoms with Gasteiger partial charge in [-0.25, -0.2) is 0 Å². The van der Waals surface area contributed by atoms with Crippen molar-refractivity contribution in [3.8, 4) is 33.4 Å². The molecule has 0 saturated heterocycles. The average molecular weight is 726 g/mol. The summed E-state index contributed by atoms with van der Waals surface area (Å²) < 4.78 is 0. The van der Waals surface area contributed by atoms with Gasteiger partial charge in [-0.15, -0.1) is 0 Å². The minimum Gasteiger partial charge on any atom is -0.310 e. The van der Waals surface area contributed by atoms with Crippen LogP contribution in [0.4, 0.5) is 17.1 Å². The lowest BCUT2D eigenvalue weighted by molar-refractivity contribution is 0.842. The molecule has 0 aromatic heterocycles. The number of nitrogens with zero attached hydrogens (tertiary/aromatic N) is 1.